The van der Waals surface area contributed by atoms with Crippen LogP contribution in [0.25, 0.3) is 0 Å². The van der Waals surface area contributed by atoms with Crippen molar-refractivity contribution in [2.45, 2.75) is 51.2 Å². The average molecular weight is 333 g/mol. The van der Waals surface area contributed by atoms with E-state index in [1.807, 2.05) is 24.3 Å². The number of likely N-dealkylation sites (N-methyl/N-ethyl adjacent to an activating group) is 1. The lowest BCUT2D eigenvalue weighted by molar-refractivity contribution is 0.152. The summed E-state index contributed by atoms with van der Waals surface area (Å²) in [4.78, 5) is 2.43. The molecule has 2 fully saturated rings. The second kappa shape index (κ2) is 8.21. The predicted octanol–water partition coefficient (Wildman–Crippen LogP) is 3.34. The molecule has 0 saturated heterocycles. The molecule has 2 aliphatic rings. The van der Waals surface area contributed by atoms with Crippen molar-refractivity contribution in [2.75, 3.05) is 26.8 Å². The van der Waals surface area contributed by atoms with Gasteiger partial charge in [0.1, 0.15) is 18.1 Å². The fraction of sp³-hybridized carbons (Fsp3) is 0.700. The molecule has 0 heterocycles. The molecule has 0 aliphatic heterocycles. The van der Waals surface area contributed by atoms with Crippen LogP contribution in [0, 0.1) is 11.8 Å². The Kier molecular flexibility index (Phi) is 6.01. The minimum Gasteiger partial charge on any atom is -0.494 e. The molecule has 0 spiro atoms. The molecule has 2 unspecified atom stereocenters. The number of rotatable bonds is 8. The molecular weight excluding hydrogens is 302 g/mol. The van der Waals surface area contributed by atoms with Crippen LogP contribution in [0.5, 0.6) is 11.5 Å². The first-order chi connectivity index (χ1) is 11.7. The van der Waals surface area contributed by atoms with Crippen molar-refractivity contribution in [3.05, 3.63) is 24.3 Å². The summed E-state index contributed by atoms with van der Waals surface area (Å²) in [6, 6.07) is 8.55. The van der Waals surface area contributed by atoms with Crippen LogP contribution in [0.15, 0.2) is 24.3 Å². The summed E-state index contributed by atoms with van der Waals surface area (Å²) >= 11 is 0. The third kappa shape index (κ3) is 4.42. The van der Waals surface area contributed by atoms with Crippen LogP contribution in [0.1, 0.15) is 39.0 Å². The molecule has 0 radical (unpaired) electrons. The second-order valence-electron chi connectivity index (χ2n) is 7.42. The molecule has 1 aromatic carbocycles. The van der Waals surface area contributed by atoms with Gasteiger partial charge in [0.05, 0.1) is 12.7 Å². The molecule has 3 rings (SSSR count). The smallest absolute Gasteiger partial charge is 0.119 e. The Morgan fingerprint density at radius 2 is 1.50 bits per heavy atom. The van der Waals surface area contributed by atoms with Crippen LogP contribution in [-0.4, -0.2) is 49.0 Å². The summed E-state index contributed by atoms with van der Waals surface area (Å²) < 4.78 is 11.5. The molecule has 4 nitrogen and oxygen atoms in total. The zero-order valence-corrected chi connectivity index (χ0v) is 15.0. The number of ether oxygens (including phenoxy) is 2. The normalized spacial score (nSPS) is 29.0. The molecular formula is C20H31NO3. The van der Waals surface area contributed by atoms with Crippen molar-refractivity contribution >= 4 is 0 Å². The van der Waals surface area contributed by atoms with Crippen LogP contribution in [-0.2, 0) is 0 Å². The van der Waals surface area contributed by atoms with E-state index in [-0.39, 0.29) is 6.10 Å². The maximum Gasteiger partial charge on any atom is 0.119 e. The van der Waals surface area contributed by atoms with Crippen LogP contribution in [0.4, 0.5) is 0 Å². The van der Waals surface area contributed by atoms with Crippen LogP contribution in [0.3, 0.4) is 0 Å². The largest absolute Gasteiger partial charge is 0.494 e. The van der Waals surface area contributed by atoms with Gasteiger partial charge in [-0.1, -0.05) is 6.92 Å². The standard InChI is InChI=1S/C20H31NO3/c1-3-9-23-19-4-6-20(7-5-19)24-10-8-21(2)17-11-15-13-18(22)14-16(15)12-17/h4-7,15-18,22H,3,8-14H2,1-2H3/t15-,16+,17?,18?. The van der Waals surface area contributed by atoms with E-state index in [0.717, 1.165) is 55.7 Å². The molecule has 1 N–H and O–H groups in total. The predicted molar refractivity (Wildman–Crippen MR) is 95.6 cm³/mol. The van der Waals surface area contributed by atoms with E-state index in [0.29, 0.717) is 12.6 Å². The van der Waals surface area contributed by atoms with Crippen LogP contribution >= 0.6 is 0 Å². The Morgan fingerprint density at radius 1 is 0.958 bits per heavy atom. The third-order valence-electron chi connectivity index (χ3n) is 5.60. The Labute approximate surface area is 145 Å². The summed E-state index contributed by atoms with van der Waals surface area (Å²) in [5, 5.41) is 9.75. The Morgan fingerprint density at radius 3 is 2.04 bits per heavy atom. The number of nitrogens with zero attached hydrogens (tertiary/aromatic N) is 1. The maximum atomic E-state index is 9.75. The first kappa shape index (κ1) is 17.6. The summed E-state index contributed by atoms with van der Waals surface area (Å²) in [5.41, 5.74) is 0. The van der Waals surface area contributed by atoms with Crippen LogP contribution < -0.4 is 9.47 Å². The summed E-state index contributed by atoms with van der Waals surface area (Å²) in [5.74, 6) is 3.28. The third-order valence-corrected chi connectivity index (χ3v) is 5.60. The molecule has 0 aromatic heterocycles. The van der Waals surface area contributed by atoms with E-state index < -0.39 is 0 Å². The quantitative estimate of drug-likeness (QED) is 0.792. The number of aliphatic hydroxyl groups is 1. The Balaban J connectivity index is 1.37. The number of aliphatic hydroxyl groups excluding tert-OH is 1. The monoisotopic (exact) mass is 333 g/mol. The molecule has 1 aromatic rings. The fourth-order valence-corrected chi connectivity index (χ4v) is 4.25. The van der Waals surface area contributed by atoms with Crippen molar-refractivity contribution in [1.29, 1.82) is 0 Å². The van der Waals surface area contributed by atoms with Gasteiger partial charge in [-0.3, -0.25) is 0 Å². The number of fused-ring (bicyclic) bond motifs is 1. The van der Waals surface area contributed by atoms with E-state index in [1.54, 1.807) is 0 Å². The van der Waals surface area contributed by atoms with Crippen molar-refractivity contribution in [2.24, 2.45) is 11.8 Å². The first-order valence-electron chi connectivity index (χ1n) is 9.39. The molecule has 24 heavy (non-hydrogen) atoms. The van der Waals surface area contributed by atoms with Gasteiger partial charge >= 0.3 is 0 Å². The van der Waals surface area contributed by atoms with Crippen molar-refractivity contribution in [1.82, 2.24) is 4.90 Å². The zero-order chi connectivity index (χ0) is 16.9. The molecule has 4 atom stereocenters. The van der Waals surface area contributed by atoms with E-state index in [2.05, 4.69) is 18.9 Å². The van der Waals surface area contributed by atoms with Crippen molar-refractivity contribution in [3.63, 3.8) is 0 Å². The van der Waals surface area contributed by atoms with Gasteiger partial charge in [-0.2, -0.15) is 0 Å². The lowest BCUT2D eigenvalue weighted by Crippen LogP contribution is -2.33. The van der Waals surface area contributed by atoms with Gasteiger partial charge in [0.25, 0.3) is 0 Å². The van der Waals surface area contributed by atoms with Crippen LogP contribution in [0.2, 0.25) is 0 Å². The van der Waals surface area contributed by atoms with Gasteiger partial charge in [0.15, 0.2) is 0 Å². The highest BCUT2D eigenvalue weighted by Gasteiger charge is 2.42. The molecule has 4 heteroatoms. The number of hydrogen-bond donors (Lipinski definition) is 1. The maximum absolute atomic E-state index is 9.75. The summed E-state index contributed by atoms with van der Waals surface area (Å²) in [7, 11) is 2.20. The fourth-order valence-electron chi connectivity index (χ4n) is 4.25. The molecule has 2 aliphatic carbocycles. The van der Waals surface area contributed by atoms with E-state index in [1.165, 1.54) is 12.8 Å². The van der Waals surface area contributed by atoms with Gasteiger partial charge in [-0.15, -0.1) is 0 Å². The van der Waals surface area contributed by atoms with Gasteiger partial charge in [-0.05, 0) is 75.3 Å². The lowest BCUT2D eigenvalue weighted by atomic mass is 10.0. The second-order valence-corrected chi connectivity index (χ2v) is 7.42. The minimum absolute atomic E-state index is 0.0427. The highest BCUT2D eigenvalue weighted by molar-refractivity contribution is 5.31. The highest BCUT2D eigenvalue weighted by Crippen LogP contribution is 2.45. The molecule has 2 saturated carbocycles. The topological polar surface area (TPSA) is 41.9 Å². The Hall–Kier alpha value is -1.26. The molecule has 0 amide bonds. The lowest BCUT2D eigenvalue weighted by Gasteiger charge is -2.25. The van der Waals surface area contributed by atoms with Gasteiger partial charge < -0.3 is 19.5 Å². The van der Waals surface area contributed by atoms with E-state index in [9.17, 15) is 5.11 Å². The highest BCUT2D eigenvalue weighted by atomic mass is 16.5. The zero-order valence-electron chi connectivity index (χ0n) is 15.0. The Bertz CT molecular complexity index is 490. The average Bonchev–Trinajstić information content (AvgIpc) is 3.11. The molecule has 0 bridgehead atoms. The van der Waals surface area contributed by atoms with Crippen molar-refractivity contribution in [3.8, 4) is 11.5 Å². The van der Waals surface area contributed by atoms with Gasteiger partial charge in [0, 0.05) is 12.6 Å². The first-order valence-corrected chi connectivity index (χ1v) is 9.39. The SMILES string of the molecule is CCCOc1ccc(OCCN(C)C2C[C@H]3CC(O)C[C@H]3C2)cc1. The van der Waals surface area contributed by atoms with Gasteiger partial charge in [-0.25, -0.2) is 0 Å². The number of hydrogen-bond acceptors (Lipinski definition) is 4. The van der Waals surface area contributed by atoms with E-state index >= 15 is 0 Å². The number of benzene rings is 1. The minimum atomic E-state index is -0.0427. The van der Waals surface area contributed by atoms with E-state index in [4.69, 9.17) is 9.47 Å². The summed E-state index contributed by atoms with van der Waals surface area (Å²) in [6.07, 6.45) is 5.48. The van der Waals surface area contributed by atoms with Crippen molar-refractivity contribution < 1.29 is 14.6 Å². The molecule has 134 valence electrons. The summed E-state index contributed by atoms with van der Waals surface area (Å²) in [6.45, 7) is 4.51. The van der Waals surface area contributed by atoms with Gasteiger partial charge in [0.2, 0.25) is 0 Å².